The highest BCUT2D eigenvalue weighted by molar-refractivity contribution is 7.80. The van der Waals surface area contributed by atoms with Crippen LogP contribution >= 0.6 is 12.2 Å². The van der Waals surface area contributed by atoms with Crippen LogP contribution in [-0.2, 0) is 23.8 Å². The van der Waals surface area contributed by atoms with Crippen LogP contribution in [0.3, 0.4) is 0 Å². The maximum Gasteiger partial charge on any atom is 0.320 e. The molecule has 0 bridgehead atoms. The van der Waals surface area contributed by atoms with Gasteiger partial charge < -0.3 is 44.9 Å². The lowest BCUT2D eigenvalue weighted by Gasteiger charge is -2.40. The van der Waals surface area contributed by atoms with E-state index in [-0.39, 0.29) is 19.6 Å². The lowest BCUT2D eigenvalue weighted by Crippen LogP contribution is -2.59. The van der Waals surface area contributed by atoms with Gasteiger partial charge in [-0.1, -0.05) is 0 Å². The number of ether oxygens (including phenoxy) is 4. The predicted molar refractivity (Wildman–Crippen MR) is 142 cm³/mol. The molecule has 5 N–H and O–H groups in total. The molecule has 1 aliphatic rings. The number of thiocarbonyl (C=S) groups is 1. The second-order valence-electron chi connectivity index (χ2n) is 8.49. The first-order valence-electron chi connectivity index (χ1n) is 12.5. The second-order valence-corrected chi connectivity index (χ2v) is 8.90. The molecule has 38 heavy (non-hydrogen) atoms. The van der Waals surface area contributed by atoms with Crippen molar-refractivity contribution in [1.29, 1.82) is 0 Å². The summed E-state index contributed by atoms with van der Waals surface area (Å²) in [5, 5.41) is 37.8. The Morgan fingerprint density at radius 1 is 1.05 bits per heavy atom. The number of carbonyl (C=O) groups is 2. The molecule has 0 saturated carbocycles. The summed E-state index contributed by atoms with van der Waals surface area (Å²) in [6, 6.07) is 6.58. The van der Waals surface area contributed by atoms with Crippen molar-refractivity contribution in [1.82, 2.24) is 5.32 Å². The third-order valence-electron chi connectivity index (χ3n) is 5.68. The molecule has 1 aliphatic heterocycles. The van der Waals surface area contributed by atoms with Gasteiger partial charge in [-0.2, -0.15) is 0 Å². The maximum absolute atomic E-state index is 12.3. The van der Waals surface area contributed by atoms with E-state index < -0.39 is 48.6 Å². The SMILES string of the molecule is C#CCCCCNC(=S)Nc1ccc(O[C@H]2O[C@H](CC(C(=O)OCC)C(=O)OCC)[C@@H](O)[C@H](O)[C@@H]2O)cc1. The molecule has 12 heteroatoms. The predicted octanol–water partition coefficient (Wildman–Crippen LogP) is 1.10. The number of hydrogen-bond donors (Lipinski definition) is 5. The number of carbonyl (C=O) groups excluding carboxylic acids is 2. The summed E-state index contributed by atoms with van der Waals surface area (Å²) in [4.78, 5) is 24.7. The number of aliphatic hydroxyl groups excluding tert-OH is 3. The number of anilines is 1. The molecule has 1 aromatic rings. The van der Waals surface area contributed by atoms with Crippen molar-refractivity contribution in [2.24, 2.45) is 5.92 Å². The first-order valence-corrected chi connectivity index (χ1v) is 12.9. The number of unbranched alkanes of at least 4 members (excludes halogenated alkanes) is 2. The van der Waals surface area contributed by atoms with Crippen molar-refractivity contribution in [2.75, 3.05) is 25.1 Å². The van der Waals surface area contributed by atoms with E-state index in [1.54, 1.807) is 38.1 Å². The van der Waals surface area contributed by atoms with E-state index in [2.05, 4.69) is 16.6 Å². The van der Waals surface area contributed by atoms with Crippen molar-refractivity contribution in [2.45, 2.75) is 70.2 Å². The zero-order valence-electron chi connectivity index (χ0n) is 21.5. The lowest BCUT2D eigenvalue weighted by molar-refractivity contribution is -0.275. The number of hydrogen-bond acceptors (Lipinski definition) is 10. The molecule has 1 heterocycles. The normalized spacial score (nSPS) is 22.7. The van der Waals surface area contributed by atoms with Crippen molar-refractivity contribution in [3.8, 4) is 18.1 Å². The molecule has 5 atom stereocenters. The third kappa shape index (κ3) is 9.41. The minimum Gasteiger partial charge on any atom is -0.465 e. The Labute approximate surface area is 227 Å². The second kappa shape index (κ2) is 16.1. The lowest BCUT2D eigenvalue weighted by atomic mass is 9.91. The highest BCUT2D eigenvalue weighted by Gasteiger charge is 2.47. The average molecular weight is 553 g/mol. The monoisotopic (exact) mass is 552 g/mol. The van der Waals surface area contributed by atoms with Gasteiger partial charge in [0.25, 0.3) is 0 Å². The number of esters is 2. The van der Waals surface area contributed by atoms with Gasteiger partial charge >= 0.3 is 11.9 Å². The molecule has 0 radical (unpaired) electrons. The Morgan fingerprint density at radius 3 is 2.26 bits per heavy atom. The first-order chi connectivity index (χ1) is 18.2. The Kier molecular flexibility index (Phi) is 13.3. The van der Waals surface area contributed by atoms with Crippen LogP contribution in [0, 0.1) is 18.3 Å². The average Bonchev–Trinajstić information content (AvgIpc) is 2.89. The van der Waals surface area contributed by atoms with E-state index in [1.807, 2.05) is 0 Å². The molecule has 0 aliphatic carbocycles. The van der Waals surface area contributed by atoms with Crippen molar-refractivity contribution >= 4 is 35.0 Å². The Morgan fingerprint density at radius 2 is 1.68 bits per heavy atom. The van der Waals surface area contributed by atoms with Crippen LogP contribution in [0.4, 0.5) is 5.69 Å². The summed E-state index contributed by atoms with van der Waals surface area (Å²) in [7, 11) is 0. The largest absolute Gasteiger partial charge is 0.465 e. The van der Waals surface area contributed by atoms with Gasteiger partial charge in [-0.05, 0) is 63.2 Å². The van der Waals surface area contributed by atoms with E-state index in [4.69, 9.17) is 37.6 Å². The number of benzene rings is 1. The zero-order valence-corrected chi connectivity index (χ0v) is 22.3. The quantitative estimate of drug-likeness (QED) is 0.0782. The van der Waals surface area contributed by atoms with Gasteiger partial charge in [0, 0.05) is 25.1 Å². The summed E-state index contributed by atoms with van der Waals surface area (Å²) in [5.41, 5.74) is 0.684. The van der Waals surface area contributed by atoms with Gasteiger partial charge in [-0.15, -0.1) is 12.3 Å². The smallest absolute Gasteiger partial charge is 0.320 e. The van der Waals surface area contributed by atoms with Crippen LogP contribution < -0.4 is 15.4 Å². The van der Waals surface area contributed by atoms with Gasteiger partial charge in [0.05, 0.1) is 19.3 Å². The molecule has 1 fully saturated rings. The van der Waals surface area contributed by atoms with E-state index in [9.17, 15) is 24.9 Å². The highest BCUT2D eigenvalue weighted by atomic mass is 32.1. The summed E-state index contributed by atoms with van der Waals surface area (Å²) in [5.74, 6) is -0.196. The van der Waals surface area contributed by atoms with Crippen LogP contribution in [0.15, 0.2) is 24.3 Å². The topological polar surface area (TPSA) is 156 Å². The number of aliphatic hydroxyl groups is 3. The highest BCUT2D eigenvalue weighted by Crippen LogP contribution is 2.29. The molecular formula is C26H36N2O9S. The van der Waals surface area contributed by atoms with Crippen LogP contribution in [0.2, 0.25) is 0 Å². The van der Waals surface area contributed by atoms with Crippen LogP contribution in [-0.4, -0.2) is 82.8 Å². The molecular weight excluding hydrogens is 516 g/mol. The van der Waals surface area contributed by atoms with Crippen LogP contribution in [0.5, 0.6) is 5.75 Å². The number of rotatable bonds is 13. The number of nitrogens with one attached hydrogen (secondary N) is 2. The zero-order chi connectivity index (χ0) is 28.1. The Bertz CT molecular complexity index is 935. The van der Waals surface area contributed by atoms with E-state index in [0.29, 0.717) is 23.1 Å². The van der Waals surface area contributed by atoms with E-state index in [0.717, 1.165) is 19.3 Å². The summed E-state index contributed by atoms with van der Waals surface area (Å²) >= 11 is 5.27. The molecule has 1 saturated heterocycles. The third-order valence-corrected chi connectivity index (χ3v) is 5.92. The maximum atomic E-state index is 12.3. The summed E-state index contributed by atoms with van der Waals surface area (Å²) < 4.78 is 21.3. The molecule has 0 unspecified atom stereocenters. The molecule has 2 rings (SSSR count). The van der Waals surface area contributed by atoms with Crippen molar-refractivity contribution < 1.29 is 43.9 Å². The fraction of sp³-hybridized carbons (Fsp3) is 0.577. The van der Waals surface area contributed by atoms with Gasteiger partial charge in [-0.3, -0.25) is 9.59 Å². The summed E-state index contributed by atoms with van der Waals surface area (Å²) in [6.07, 6.45) is -0.0785. The van der Waals surface area contributed by atoms with Gasteiger partial charge in [0.2, 0.25) is 6.29 Å². The minimum atomic E-state index is -1.66. The minimum absolute atomic E-state index is 0.0357. The van der Waals surface area contributed by atoms with E-state index >= 15 is 0 Å². The number of terminal acetylenes is 1. The Hall–Kier alpha value is -2.95. The Balaban J connectivity index is 2.01. The molecule has 0 spiro atoms. The molecule has 11 nitrogen and oxygen atoms in total. The first kappa shape index (κ1) is 31.3. The fourth-order valence-electron chi connectivity index (χ4n) is 3.70. The van der Waals surface area contributed by atoms with Crippen LogP contribution in [0.1, 0.15) is 39.5 Å². The van der Waals surface area contributed by atoms with Crippen molar-refractivity contribution in [3.05, 3.63) is 24.3 Å². The van der Waals surface area contributed by atoms with Gasteiger partial charge in [0.15, 0.2) is 11.0 Å². The molecule has 210 valence electrons. The van der Waals surface area contributed by atoms with E-state index in [1.165, 1.54) is 0 Å². The molecule has 0 amide bonds. The fourth-order valence-corrected chi connectivity index (χ4v) is 3.92. The van der Waals surface area contributed by atoms with Gasteiger partial charge in [-0.25, -0.2) is 0 Å². The molecule has 1 aromatic carbocycles. The standard InChI is InChI=1S/C26H36N2O9S/c1-4-7-8-9-14-27-26(38)28-16-10-12-17(13-11-16)36-25-22(31)21(30)20(29)19(37-25)15-18(23(32)34-5-2)24(33)35-6-3/h1,10-13,18-22,25,29-31H,5-9,14-15H2,2-3H3,(H2,27,28,38)/t19-,20-,21+,22+,25+/m1/s1. The van der Waals surface area contributed by atoms with Gasteiger partial charge in [0.1, 0.15) is 24.1 Å². The summed E-state index contributed by atoms with van der Waals surface area (Å²) in [6.45, 7) is 3.93. The van der Waals surface area contributed by atoms with Crippen molar-refractivity contribution in [3.63, 3.8) is 0 Å². The van der Waals surface area contributed by atoms with Crippen LogP contribution in [0.25, 0.3) is 0 Å². The molecule has 0 aromatic heterocycles.